The van der Waals surface area contributed by atoms with Gasteiger partial charge in [-0.05, 0) is 67.6 Å². The Balaban J connectivity index is 1.36. The quantitative estimate of drug-likeness (QED) is 0.513. The Bertz CT molecular complexity index is 1040. The Labute approximate surface area is 192 Å². The molecule has 0 bridgehead atoms. The van der Waals surface area contributed by atoms with Gasteiger partial charge in [0.25, 0.3) is 0 Å². The fraction of sp³-hybridized carbons (Fsp3) is 0.522. The number of para-hydroxylation sites is 1. The highest BCUT2D eigenvalue weighted by Gasteiger charge is 2.23. The maximum absolute atomic E-state index is 4.79. The van der Waals surface area contributed by atoms with Gasteiger partial charge in [-0.3, -0.25) is 4.68 Å². The second kappa shape index (κ2) is 9.53. The van der Waals surface area contributed by atoms with Gasteiger partial charge in [-0.25, -0.2) is 4.98 Å². The molecule has 166 valence electrons. The van der Waals surface area contributed by atoms with Crippen molar-refractivity contribution in [1.82, 2.24) is 25.1 Å². The van der Waals surface area contributed by atoms with Crippen LogP contribution in [0.4, 0.5) is 11.8 Å². The van der Waals surface area contributed by atoms with E-state index in [9.17, 15) is 0 Å². The van der Waals surface area contributed by atoms with Crippen molar-refractivity contribution in [3.05, 3.63) is 40.1 Å². The van der Waals surface area contributed by atoms with Gasteiger partial charge in [0.15, 0.2) is 0 Å². The first-order valence-corrected chi connectivity index (χ1v) is 11.9. The molecular weight excluding hydrogens is 454 g/mol. The van der Waals surface area contributed by atoms with E-state index in [1.165, 1.54) is 5.69 Å². The number of aromatic nitrogens is 4. The van der Waals surface area contributed by atoms with Crippen molar-refractivity contribution >= 4 is 38.6 Å². The number of nitrogens with one attached hydrogen (secondary N) is 2. The first-order chi connectivity index (χ1) is 15.0. The van der Waals surface area contributed by atoms with Gasteiger partial charge in [0.2, 0.25) is 5.95 Å². The number of aryl methyl sites for hydroxylation is 2. The highest BCUT2D eigenvalue weighted by Crippen LogP contribution is 2.27. The van der Waals surface area contributed by atoms with E-state index in [2.05, 4.69) is 60.3 Å². The van der Waals surface area contributed by atoms with Crippen molar-refractivity contribution in [3.63, 3.8) is 0 Å². The van der Waals surface area contributed by atoms with Crippen molar-refractivity contribution in [2.45, 2.75) is 64.7 Å². The van der Waals surface area contributed by atoms with E-state index in [-0.39, 0.29) is 0 Å². The summed E-state index contributed by atoms with van der Waals surface area (Å²) in [7, 11) is 4.06. The summed E-state index contributed by atoms with van der Waals surface area (Å²) < 4.78 is 3.21. The van der Waals surface area contributed by atoms with Crippen LogP contribution in [-0.4, -0.2) is 45.9 Å². The minimum Gasteiger partial charge on any atom is -0.362 e. The molecule has 1 fully saturated rings. The lowest BCUT2D eigenvalue weighted by molar-refractivity contribution is 0.348. The Morgan fingerprint density at radius 1 is 1.10 bits per heavy atom. The van der Waals surface area contributed by atoms with Crippen LogP contribution in [0.15, 0.2) is 28.7 Å². The average molecular weight is 486 g/mol. The second-order valence-electron chi connectivity index (χ2n) is 8.52. The maximum atomic E-state index is 4.79. The van der Waals surface area contributed by atoms with Crippen LogP contribution in [0.25, 0.3) is 10.9 Å². The predicted octanol–water partition coefficient (Wildman–Crippen LogP) is 4.50. The molecule has 0 amide bonds. The van der Waals surface area contributed by atoms with E-state index in [1.807, 2.05) is 33.2 Å². The predicted molar refractivity (Wildman–Crippen MR) is 131 cm³/mol. The highest BCUT2D eigenvalue weighted by molar-refractivity contribution is 9.10. The van der Waals surface area contributed by atoms with Gasteiger partial charge < -0.3 is 15.5 Å². The highest BCUT2D eigenvalue weighted by atomic mass is 79.9. The fourth-order valence-corrected chi connectivity index (χ4v) is 4.79. The van der Waals surface area contributed by atoms with Crippen LogP contribution in [0.3, 0.4) is 0 Å². The summed E-state index contributed by atoms with van der Waals surface area (Å²) in [4.78, 5) is 11.6. The normalized spacial score (nSPS) is 19.0. The van der Waals surface area contributed by atoms with E-state index < -0.39 is 0 Å². The molecule has 1 aromatic carbocycles. The van der Waals surface area contributed by atoms with Crippen LogP contribution >= 0.6 is 15.9 Å². The third-order valence-electron chi connectivity index (χ3n) is 6.08. The first kappa shape index (κ1) is 22.0. The van der Waals surface area contributed by atoms with Crippen molar-refractivity contribution < 1.29 is 0 Å². The van der Waals surface area contributed by atoms with Gasteiger partial charge in [-0.1, -0.05) is 12.1 Å². The minimum absolute atomic E-state index is 0.407. The van der Waals surface area contributed by atoms with Gasteiger partial charge in [-0.15, -0.1) is 0 Å². The zero-order valence-electron chi connectivity index (χ0n) is 18.8. The van der Waals surface area contributed by atoms with Crippen LogP contribution < -0.4 is 15.5 Å². The zero-order valence-corrected chi connectivity index (χ0v) is 20.4. The maximum Gasteiger partial charge on any atom is 0.225 e. The molecule has 2 N–H and O–H groups in total. The number of hydrogen-bond acceptors (Lipinski definition) is 6. The molecular formula is C23H32BrN7. The van der Waals surface area contributed by atoms with E-state index in [0.717, 1.165) is 71.6 Å². The molecule has 1 aliphatic rings. The number of hydrogen-bond donors (Lipinski definition) is 2. The van der Waals surface area contributed by atoms with E-state index in [4.69, 9.17) is 9.97 Å². The standard InChI is InChI=1S/C23H32BrN7/c1-5-31-20(21(24)15(2)29-31)14-25-16-10-12-17(13-11-16)26-23-27-19-9-7-6-8-18(19)22(28-23)30(3)4/h6-9,16-17,25H,5,10-14H2,1-4H3,(H,26,27,28). The molecule has 2 aromatic heterocycles. The number of nitrogens with zero attached hydrogens (tertiary/aromatic N) is 5. The van der Waals surface area contributed by atoms with Crippen molar-refractivity contribution in [1.29, 1.82) is 0 Å². The lowest BCUT2D eigenvalue weighted by atomic mass is 9.91. The summed E-state index contributed by atoms with van der Waals surface area (Å²) in [5.41, 5.74) is 3.27. The molecule has 0 unspecified atom stereocenters. The third-order valence-corrected chi connectivity index (χ3v) is 7.11. The largest absolute Gasteiger partial charge is 0.362 e. The molecule has 4 rings (SSSR count). The second-order valence-corrected chi connectivity index (χ2v) is 9.31. The van der Waals surface area contributed by atoms with Gasteiger partial charge in [0.1, 0.15) is 5.82 Å². The number of anilines is 2. The smallest absolute Gasteiger partial charge is 0.225 e. The van der Waals surface area contributed by atoms with E-state index in [0.29, 0.717) is 12.1 Å². The molecule has 1 saturated carbocycles. The molecule has 31 heavy (non-hydrogen) atoms. The number of benzene rings is 1. The zero-order chi connectivity index (χ0) is 22.0. The van der Waals surface area contributed by atoms with E-state index >= 15 is 0 Å². The summed E-state index contributed by atoms with van der Waals surface area (Å²) in [6, 6.07) is 9.13. The Morgan fingerprint density at radius 3 is 2.52 bits per heavy atom. The van der Waals surface area contributed by atoms with Crippen LogP contribution in [0.5, 0.6) is 0 Å². The molecule has 0 saturated heterocycles. The van der Waals surface area contributed by atoms with Crippen LogP contribution in [0.1, 0.15) is 44.0 Å². The molecule has 0 aliphatic heterocycles. The monoisotopic (exact) mass is 485 g/mol. The van der Waals surface area contributed by atoms with Crippen LogP contribution in [-0.2, 0) is 13.1 Å². The molecule has 7 nitrogen and oxygen atoms in total. The number of fused-ring (bicyclic) bond motifs is 1. The molecule has 1 aliphatic carbocycles. The van der Waals surface area contributed by atoms with Gasteiger partial charge >= 0.3 is 0 Å². The lowest BCUT2D eigenvalue weighted by Gasteiger charge is -2.30. The Hall–Kier alpha value is -2.19. The Kier molecular flexibility index (Phi) is 6.77. The minimum atomic E-state index is 0.407. The third kappa shape index (κ3) is 4.85. The summed E-state index contributed by atoms with van der Waals surface area (Å²) in [6.45, 7) is 5.92. The molecule has 0 spiro atoms. The SMILES string of the molecule is CCn1nc(C)c(Br)c1CNC1CCC(Nc2nc(N(C)C)c3ccccc3n2)CC1. The molecule has 3 aromatic rings. The number of halogens is 1. The van der Waals surface area contributed by atoms with Crippen LogP contribution in [0, 0.1) is 6.92 Å². The van der Waals surface area contributed by atoms with E-state index in [1.54, 1.807) is 0 Å². The lowest BCUT2D eigenvalue weighted by Crippen LogP contribution is -2.37. The van der Waals surface area contributed by atoms with Gasteiger partial charge in [0.05, 0.1) is 21.4 Å². The first-order valence-electron chi connectivity index (χ1n) is 11.1. The molecule has 0 radical (unpaired) electrons. The fourth-order valence-electron chi connectivity index (χ4n) is 4.37. The van der Waals surface area contributed by atoms with Crippen molar-refractivity contribution in [2.75, 3.05) is 24.3 Å². The van der Waals surface area contributed by atoms with Gasteiger partial charge in [-0.2, -0.15) is 10.1 Å². The average Bonchev–Trinajstić information content (AvgIpc) is 3.05. The summed E-state index contributed by atoms with van der Waals surface area (Å²) in [5, 5.41) is 13.0. The van der Waals surface area contributed by atoms with Crippen molar-refractivity contribution in [3.8, 4) is 0 Å². The number of rotatable bonds is 7. The molecule has 2 heterocycles. The summed E-state index contributed by atoms with van der Waals surface area (Å²) in [6.07, 6.45) is 4.50. The molecule has 8 heteroatoms. The van der Waals surface area contributed by atoms with Crippen LogP contribution in [0.2, 0.25) is 0 Å². The summed E-state index contributed by atoms with van der Waals surface area (Å²) >= 11 is 3.70. The van der Waals surface area contributed by atoms with Gasteiger partial charge in [0, 0.05) is 44.7 Å². The van der Waals surface area contributed by atoms with Crippen molar-refractivity contribution in [2.24, 2.45) is 0 Å². The Morgan fingerprint density at radius 2 is 1.81 bits per heavy atom. The molecule has 0 atom stereocenters. The topological polar surface area (TPSA) is 70.9 Å². The summed E-state index contributed by atoms with van der Waals surface area (Å²) in [5.74, 6) is 1.68.